The lowest BCUT2D eigenvalue weighted by molar-refractivity contribution is 1.45. The normalized spacial score (nSPS) is 11.0. The van der Waals surface area contributed by atoms with Crippen molar-refractivity contribution in [3.63, 3.8) is 0 Å². The molecule has 0 aliphatic rings. The maximum absolute atomic E-state index is 8.09. The summed E-state index contributed by atoms with van der Waals surface area (Å²) in [5.41, 5.74) is 0. The zero-order chi connectivity index (χ0) is 7.11. The Morgan fingerprint density at radius 1 is 1.89 bits per heavy atom. The zero-order valence-electron chi connectivity index (χ0n) is 4.80. The number of nitrogens with zero attached hydrogens (tertiary/aromatic N) is 2. The molecule has 50 valence electrons. The molecule has 0 saturated heterocycles. The van der Waals surface area contributed by atoms with Crippen molar-refractivity contribution in [1.82, 2.24) is 0 Å². The molecular weight excluding hydrogens is 176 g/mol. The van der Waals surface area contributed by atoms with Gasteiger partial charge >= 0.3 is 0 Å². The van der Waals surface area contributed by atoms with Gasteiger partial charge in [-0.25, -0.2) is 0 Å². The van der Waals surface area contributed by atoms with Gasteiger partial charge in [-0.05, 0) is 6.26 Å². The van der Waals surface area contributed by atoms with Crippen LogP contribution >= 0.6 is 35.1 Å². The lowest BCUT2D eigenvalue weighted by atomic mass is 11.3. The Balaban J connectivity index is 3.70. The topological polar surface area (TPSA) is 36.1 Å². The van der Waals surface area contributed by atoms with Crippen molar-refractivity contribution in [2.45, 2.75) is 0 Å². The van der Waals surface area contributed by atoms with Gasteiger partial charge in [0.1, 0.15) is 4.38 Å². The van der Waals surface area contributed by atoms with Crippen LogP contribution in [0.3, 0.4) is 0 Å². The van der Waals surface area contributed by atoms with E-state index in [1.807, 2.05) is 6.26 Å². The van der Waals surface area contributed by atoms with Crippen molar-refractivity contribution in [2.75, 3.05) is 11.5 Å². The molecule has 2 nitrogen and oxygen atoms in total. The number of hydrogen-bond acceptors (Lipinski definition) is 4. The second-order valence-corrected chi connectivity index (χ2v) is 3.54. The highest BCUT2D eigenvalue weighted by atomic mass is 35.5. The van der Waals surface area contributed by atoms with Crippen molar-refractivity contribution < 1.29 is 0 Å². The highest BCUT2D eigenvalue weighted by Crippen LogP contribution is 2.14. The SMILES string of the molecule is CSC(=NC#N)SCCl. The Bertz CT molecular complexity index is 140. The molecule has 0 amide bonds. The first-order chi connectivity index (χ1) is 4.35. The van der Waals surface area contributed by atoms with E-state index >= 15 is 0 Å². The smallest absolute Gasteiger partial charge is 0.170 e. The number of aliphatic imine (C=N–C) groups is 1. The van der Waals surface area contributed by atoms with Gasteiger partial charge in [0.15, 0.2) is 0 Å². The van der Waals surface area contributed by atoms with E-state index in [0.717, 1.165) is 0 Å². The van der Waals surface area contributed by atoms with E-state index in [0.29, 0.717) is 9.59 Å². The second kappa shape index (κ2) is 6.27. The van der Waals surface area contributed by atoms with Gasteiger partial charge in [0, 0.05) is 0 Å². The van der Waals surface area contributed by atoms with Crippen LogP contribution in [0.25, 0.3) is 0 Å². The minimum Gasteiger partial charge on any atom is -0.170 e. The van der Waals surface area contributed by atoms with E-state index in [-0.39, 0.29) is 0 Å². The third kappa shape index (κ3) is 4.64. The van der Waals surface area contributed by atoms with Gasteiger partial charge in [0.05, 0.1) is 5.21 Å². The summed E-state index contributed by atoms with van der Waals surface area (Å²) in [7, 11) is 0. The molecule has 0 aromatic rings. The van der Waals surface area contributed by atoms with E-state index in [4.69, 9.17) is 16.9 Å². The maximum Gasteiger partial charge on any atom is 0.207 e. The molecule has 0 saturated carbocycles. The molecule has 0 radical (unpaired) electrons. The highest BCUT2D eigenvalue weighted by molar-refractivity contribution is 8.39. The summed E-state index contributed by atoms with van der Waals surface area (Å²) >= 11 is 8.15. The van der Waals surface area contributed by atoms with Crippen molar-refractivity contribution in [2.24, 2.45) is 4.99 Å². The van der Waals surface area contributed by atoms with E-state index in [2.05, 4.69) is 4.99 Å². The van der Waals surface area contributed by atoms with Crippen LogP contribution in [0.1, 0.15) is 0 Å². The average Bonchev–Trinajstić information content (AvgIpc) is 1.88. The van der Waals surface area contributed by atoms with E-state index in [1.165, 1.54) is 23.5 Å². The van der Waals surface area contributed by atoms with Crippen molar-refractivity contribution in [3.8, 4) is 6.19 Å². The Morgan fingerprint density at radius 3 is 2.89 bits per heavy atom. The molecular formula is C4H5ClN2S2. The quantitative estimate of drug-likeness (QED) is 0.269. The molecule has 0 aliphatic heterocycles. The van der Waals surface area contributed by atoms with Gasteiger partial charge in [-0.3, -0.25) is 0 Å². The van der Waals surface area contributed by atoms with Gasteiger partial charge in [-0.2, -0.15) is 10.3 Å². The summed E-state index contributed by atoms with van der Waals surface area (Å²) in [4.78, 5) is 3.50. The van der Waals surface area contributed by atoms with Crippen LogP contribution in [0.5, 0.6) is 0 Å². The fourth-order valence-electron chi connectivity index (χ4n) is 0.224. The van der Waals surface area contributed by atoms with Crippen LogP contribution < -0.4 is 0 Å². The molecule has 0 aromatic carbocycles. The molecule has 0 unspecified atom stereocenters. The first kappa shape index (κ1) is 9.15. The number of nitriles is 1. The summed E-state index contributed by atoms with van der Waals surface area (Å²) in [6, 6.07) is 0. The standard InChI is InChI=1S/C4H5ClN2S2/c1-8-4(7-3-6)9-2-5/h2H2,1H3. The van der Waals surface area contributed by atoms with E-state index in [9.17, 15) is 0 Å². The summed E-state index contributed by atoms with van der Waals surface area (Å²) in [5.74, 6) is 0. The maximum atomic E-state index is 8.09. The summed E-state index contributed by atoms with van der Waals surface area (Å²) in [5, 5.41) is 8.53. The number of halogens is 1. The Labute approximate surface area is 67.7 Å². The average molecular weight is 181 g/mol. The molecule has 0 fully saturated rings. The van der Waals surface area contributed by atoms with Crippen LogP contribution in [0.2, 0.25) is 0 Å². The first-order valence-corrected chi connectivity index (χ1v) is 4.79. The lowest BCUT2D eigenvalue weighted by Gasteiger charge is -1.91. The number of hydrogen-bond donors (Lipinski definition) is 0. The highest BCUT2D eigenvalue weighted by Gasteiger charge is 1.93. The molecule has 0 rings (SSSR count). The third-order valence-corrected chi connectivity index (χ3v) is 2.56. The fourth-order valence-corrected chi connectivity index (χ4v) is 1.71. The molecule has 5 heteroatoms. The monoisotopic (exact) mass is 180 g/mol. The van der Waals surface area contributed by atoms with Gasteiger partial charge in [0.25, 0.3) is 0 Å². The molecule has 0 aliphatic carbocycles. The van der Waals surface area contributed by atoms with Crippen molar-refractivity contribution in [3.05, 3.63) is 0 Å². The van der Waals surface area contributed by atoms with E-state index < -0.39 is 0 Å². The lowest BCUT2D eigenvalue weighted by Crippen LogP contribution is -1.80. The Kier molecular flexibility index (Phi) is 6.38. The summed E-state index contributed by atoms with van der Waals surface area (Å²) < 4.78 is 0.715. The van der Waals surface area contributed by atoms with Crippen LogP contribution in [0.4, 0.5) is 0 Å². The Hall–Kier alpha value is 0.150. The summed E-state index contributed by atoms with van der Waals surface area (Å²) in [6.45, 7) is 0. The minimum atomic E-state index is 0.446. The van der Waals surface area contributed by atoms with Gasteiger partial charge in [-0.15, -0.1) is 23.4 Å². The molecule has 0 aromatic heterocycles. The molecule has 0 heterocycles. The number of rotatable bonds is 1. The predicted molar refractivity (Wildman–Crippen MR) is 44.9 cm³/mol. The fraction of sp³-hybridized carbons (Fsp3) is 0.500. The molecule has 9 heavy (non-hydrogen) atoms. The van der Waals surface area contributed by atoms with Crippen molar-refractivity contribution >= 4 is 39.5 Å². The van der Waals surface area contributed by atoms with E-state index in [1.54, 1.807) is 6.19 Å². The second-order valence-electron chi connectivity index (χ2n) is 0.935. The van der Waals surface area contributed by atoms with Crippen LogP contribution in [-0.2, 0) is 0 Å². The van der Waals surface area contributed by atoms with Gasteiger partial charge < -0.3 is 0 Å². The summed E-state index contributed by atoms with van der Waals surface area (Å²) in [6.07, 6.45) is 3.55. The van der Waals surface area contributed by atoms with Crippen LogP contribution in [0.15, 0.2) is 4.99 Å². The molecule has 0 bridgehead atoms. The number of alkyl halides is 1. The predicted octanol–water partition coefficient (Wildman–Crippen LogP) is 2.12. The molecule has 0 spiro atoms. The minimum absolute atomic E-state index is 0.446. The van der Waals surface area contributed by atoms with Crippen LogP contribution in [-0.4, -0.2) is 15.8 Å². The third-order valence-electron chi connectivity index (χ3n) is 0.494. The Morgan fingerprint density at radius 2 is 2.56 bits per heavy atom. The molecule has 0 N–H and O–H groups in total. The number of thioether (sulfide) groups is 2. The molecule has 0 atom stereocenters. The zero-order valence-corrected chi connectivity index (χ0v) is 7.18. The first-order valence-electron chi connectivity index (χ1n) is 2.04. The van der Waals surface area contributed by atoms with Crippen LogP contribution in [0, 0.1) is 11.5 Å². The van der Waals surface area contributed by atoms with Crippen molar-refractivity contribution in [1.29, 1.82) is 5.26 Å². The van der Waals surface area contributed by atoms with Gasteiger partial charge in [-0.1, -0.05) is 11.8 Å². The largest absolute Gasteiger partial charge is 0.207 e. The van der Waals surface area contributed by atoms with Gasteiger partial charge in [0.2, 0.25) is 6.19 Å².